The summed E-state index contributed by atoms with van der Waals surface area (Å²) in [6.07, 6.45) is 0.593. The van der Waals surface area contributed by atoms with Crippen LogP contribution < -0.4 is 4.90 Å². The van der Waals surface area contributed by atoms with Gasteiger partial charge in [0.1, 0.15) is 5.60 Å². The quantitative estimate of drug-likeness (QED) is 0.566. The van der Waals surface area contributed by atoms with Gasteiger partial charge in [0, 0.05) is 12.3 Å². The molecule has 1 unspecified atom stereocenters. The summed E-state index contributed by atoms with van der Waals surface area (Å²) < 4.78 is 0. The van der Waals surface area contributed by atoms with Crippen molar-refractivity contribution in [2.24, 2.45) is 5.92 Å². The number of ketones is 1. The summed E-state index contributed by atoms with van der Waals surface area (Å²) in [4.78, 5) is 12.7. The lowest BCUT2D eigenvalue weighted by Crippen LogP contribution is -3.15. The van der Waals surface area contributed by atoms with Gasteiger partial charge in [-0.05, 0) is 13.8 Å². The molecule has 0 aromatic heterocycles. The molecule has 0 aromatic rings. The molecule has 0 radical (unpaired) electrons. The van der Waals surface area contributed by atoms with E-state index >= 15 is 0 Å². The molecule has 0 spiro atoms. The molecule has 0 saturated carbocycles. The normalized spacial score (nSPS) is 46.1. The fraction of sp³-hybridized carbons (Fsp3) is 0.900. The number of likely N-dealkylation sites (tertiary alicyclic amines) is 1. The first kappa shape index (κ1) is 10.7. The van der Waals surface area contributed by atoms with E-state index in [4.69, 9.17) is 0 Å². The first-order valence-corrected chi connectivity index (χ1v) is 4.93. The predicted octanol–water partition coefficient (Wildman–Crippen LogP) is -0.750. The molecular weight excluding hydrogens is 166 g/mol. The van der Waals surface area contributed by atoms with E-state index in [2.05, 4.69) is 14.0 Å². The van der Waals surface area contributed by atoms with Gasteiger partial charge >= 0.3 is 0 Å². The van der Waals surface area contributed by atoms with Crippen molar-refractivity contribution in [1.29, 1.82) is 0 Å². The number of carbonyl (C=O) groups is 1. The highest BCUT2D eigenvalue weighted by Crippen LogP contribution is 2.25. The van der Waals surface area contributed by atoms with E-state index in [0.717, 1.165) is 6.54 Å². The van der Waals surface area contributed by atoms with E-state index in [9.17, 15) is 9.90 Å². The zero-order chi connectivity index (χ0) is 10.2. The van der Waals surface area contributed by atoms with Crippen LogP contribution in [0.3, 0.4) is 0 Å². The van der Waals surface area contributed by atoms with Crippen molar-refractivity contribution in [2.45, 2.75) is 38.8 Å². The average molecular weight is 186 g/mol. The lowest BCUT2D eigenvalue weighted by molar-refractivity contribution is -0.915. The van der Waals surface area contributed by atoms with Crippen LogP contribution in [0.25, 0.3) is 0 Å². The fourth-order valence-corrected chi connectivity index (χ4v) is 2.19. The zero-order valence-electron chi connectivity index (χ0n) is 8.92. The Morgan fingerprint density at radius 1 is 1.54 bits per heavy atom. The summed E-state index contributed by atoms with van der Waals surface area (Å²) >= 11 is 0. The van der Waals surface area contributed by atoms with Crippen molar-refractivity contribution in [3.05, 3.63) is 0 Å². The van der Waals surface area contributed by atoms with Crippen LogP contribution in [-0.2, 0) is 4.79 Å². The third-order valence-electron chi connectivity index (χ3n) is 3.51. The van der Waals surface area contributed by atoms with E-state index < -0.39 is 5.60 Å². The summed E-state index contributed by atoms with van der Waals surface area (Å²) in [5, 5.41) is 10.1. The number of piperidine rings is 1. The molecule has 3 nitrogen and oxygen atoms in total. The topological polar surface area (TPSA) is 41.7 Å². The minimum Gasteiger partial charge on any atom is -0.381 e. The Kier molecular flexibility index (Phi) is 2.78. The maximum Gasteiger partial charge on any atom is 0.162 e. The molecule has 0 aromatic carbocycles. The molecule has 0 aliphatic carbocycles. The Morgan fingerprint density at radius 3 is 2.54 bits per heavy atom. The Hall–Kier alpha value is -0.410. The standard InChI is InChI=1S/C10H19NO2/c1-7-6-11(4)8(2)5-10(7,13)9(3)12/h7-8,13H,5-6H2,1-4H3/p+1/t7-,8+,10-/m1/s1. The van der Waals surface area contributed by atoms with Crippen LogP contribution in [0.4, 0.5) is 0 Å². The lowest BCUT2D eigenvalue weighted by Gasteiger charge is -2.41. The molecule has 1 aliphatic rings. The van der Waals surface area contributed by atoms with Crippen molar-refractivity contribution in [3.63, 3.8) is 0 Å². The van der Waals surface area contributed by atoms with Gasteiger partial charge < -0.3 is 10.0 Å². The van der Waals surface area contributed by atoms with E-state index in [0.29, 0.717) is 12.5 Å². The highest BCUT2D eigenvalue weighted by atomic mass is 16.3. The van der Waals surface area contributed by atoms with Gasteiger partial charge in [0.05, 0.1) is 19.6 Å². The van der Waals surface area contributed by atoms with E-state index in [-0.39, 0.29) is 11.7 Å². The molecule has 3 heteroatoms. The number of hydrogen-bond acceptors (Lipinski definition) is 2. The molecule has 1 rings (SSSR count). The van der Waals surface area contributed by atoms with Gasteiger partial charge in [-0.3, -0.25) is 4.79 Å². The molecule has 4 atom stereocenters. The monoisotopic (exact) mass is 186 g/mol. The smallest absolute Gasteiger partial charge is 0.162 e. The van der Waals surface area contributed by atoms with Gasteiger partial charge in [0.15, 0.2) is 5.78 Å². The molecule has 76 valence electrons. The average Bonchev–Trinajstić information content (AvgIpc) is 2.01. The van der Waals surface area contributed by atoms with Crippen LogP contribution in [-0.4, -0.2) is 36.1 Å². The highest BCUT2D eigenvalue weighted by molar-refractivity contribution is 5.85. The van der Waals surface area contributed by atoms with Crippen molar-refractivity contribution >= 4 is 5.78 Å². The molecule has 1 heterocycles. The Morgan fingerprint density at radius 2 is 2.08 bits per heavy atom. The van der Waals surface area contributed by atoms with Crippen LogP contribution in [0.15, 0.2) is 0 Å². The van der Waals surface area contributed by atoms with Crippen molar-refractivity contribution in [3.8, 4) is 0 Å². The van der Waals surface area contributed by atoms with Gasteiger partial charge in [-0.1, -0.05) is 6.92 Å². The first-order chi connectivity index (χ1) is 5.88. The second-order valence-electron chi connectivity index (χ2n) is 4.54. The Balaban J connectivity index is 2.82. The molecular formula is C10H20NO2+. The number of aliphatic hydroxyl groups is 1. The van der Waals surface area contributed by atoms with Crippen molar-refractivity contribution in [1.82, 2.24) is 0 Å². The molecule has 13 heavy (non-hydrogen) atoms. The summed E-state index contributed by atoms with van der Waals surface area (Å²) in [6, 6.07) is 0.366. The molecule has 0 bridgehead atoms. The maximum atomic E-state index is 11.3. The number of carbonyl (C=O) groups excluding carboxylic acids is 1. The molecule has 1 fully saturated rings. The van der Waals surface area contributed by atoms with Gasteiger partial charge in [-0.25, -0.2) is 0 Å². The zero-order valence-corrected chi connectivity index (χ0v) is 8.92. The molecule has 2 N–H and O–H groups in total. The number of hydrogen-bond donors (Lipinski definition) is 2. The van der Waals surface area contributed by atoms with E-state index in [1.165, 1.54) is 11.8 Å². The van der Waals surface area contributed by atoms with Crippen LogP contribution >= 0.6 is 0 Å². The molecule has 0 amide bonds. The summed E-state index contributed by atoms with van der Waals surface area (Å²) in [5.41, 5.74) is -1.07. The summed E-state index contributed by atoms with van der Waals surface area (Å²) in [5.74, 6) is -0.0134. The third-order valence-corrected chi connectivity index (χ3v) is 3.51. The summed E-state index contributed by atoms with van der Waals surface area (Å²) in [6.45, 7) is 6.40. The predicted molar refractivity (Wildman–Crippen MR) is 50.6 cm³/mol. The minimum absolute atomic E-state index is 0.0706. The third kappa shape index (κ3) is 1.76. The number of Topliss-reactive ketones (excluding diaryl/α,β-unsaturated/α-hetero) is 1. The first-order valence-electron chi connectivity index (χ1n) is 4.93. The maximum absolute atomic E-state index is 11.3. The summed E-state index contributed by atoms with van der Waals surface area (Å²) in [7, 11) is 2.11. The number of quaternary nitrogens is 1. The Labute approximate surface area is 79.7 Å². The molecule has 1 aliphatic heterocycles. The second-order valence-corrected chi connectivity index (χ2v) is 4.54. The van der Waals surface area contributed by atoms with Crippen LogP contribution in [0.1, 0.15) is 27.2 Å². The van der Waals surface area contributed by atoms with Crippen LogP contribution in [0.2, 0.25) is 0 Å². The minimum atomic E-state index is -1.07. The lowest BCUT2D eigenvalue weighted by atomic mass is 9.77. The SMILES string of the molecule is CC(=O)[C@@]1(O)C[C@H](C)[NH+](C)C[C@H]1C. The van der Waals surface area contributed by atoms with Gasteiger partial charge in [0.25, 0.3) is 0 Å². The Bertz CT molecular complexity index is 217. The largest absolute Gasteiger partial charge is 0.381 e. The van der Waals surface area contributed by atoms with Crippen molar-refractivity contribution < 1.29 is 14.8 Å². The molecule has 1 saturated heterocycles. The van der Waals surface area contributed by atoms with Crippen LogP contribution in [0.5, 0.6) is 0 Å². The van der Waals surface area contributed by atoms with E-state index in [1.807, 2.05) is 6.92 Å². The number of rotatable bonds is 1. The second kappa shape index (κ2) is 3.39. The number of nitrogens with one attached hydrogen (secondary N) is 1. The van der Waals surface area contributed by atoms with E-state index in [1.54, 1.807) is 0 Å². The van der Waals surface area contributed by atoms with Gasteiger partial charge in [-0.15, -0.1) is 0 Å². The van der Waals surface area contributed by atoms with Crippen molar-refractivity contribution in [2.75, 3.05) is 13.6 Å². The fourth-order valence-electron chi connectivity index (χ4n) is 2.19. The van der Waals surface area contributed by atoms with Crippen LogP contribution in [0, 0.1) is 5.92 Å². The van der Waals surface area contributed by atoms with Gasteiger partial charge in [-0.2, -0.15) is 0 Å². The highest BCUT2D eigenvalue weighted by Gasteiger charge is 2.46. The van der Waals surface area contributed by atoms with Gasteiger partial charge in [0.2, 0.25) is 0 Å².